The van der Waals surface area contributed by atoms with Crippen LogP contribution in [0.1, 0.15) is 13.8 Å². The van der Waals surface area contributed by atoms with E-state index in [-0.39, 0.29) is 12.2 Å². The second-order valence-corrected chi connectivity index (χ2v) is 1.59. The van der Waals surface area contributed by atoms with Gasteiger partial charge in [-0.1, -0.05) is 6.08 Å². The predicted octanol–water partition coefficient (Wildman–Crippen LogP) is 0.951. The summed E-state index contributed by atoms with van der Waals surface area (Å²) in [6.45, 7) is 3.52. The van der Waals surface area contributed by atoms with Gasteiger partial charge in [-0.05, 0) is 13.8 Å². The van der Waals surface area contributed by atoms with E-state index >= 15 is 0 Å². The van der Waals surface area contributed by atoms with Crippen LogP contribution in [-0.4, -0.2) is 12.6 Å². The van der Waals surface area contributed by atoms with E-state index in [1.165, 1.54) is 6.08 Å². The minimum atomic E-state index is -0.753. The fraction of sp³-hybridized carbons (Fsp3) is 0.429. The van der Waals surface area contributed by atoms with Crippen molar-refractivity contribution in [3.05, 3.63) is 11.6 Å². The van der Waals surface area contributed by atoms with Crippen LogP contribution in [0, 0.1) is 11.3 Å². The highest BCUT2D eigenvalue weighted by Gasteiger charge is 2.08. The molecular formula is C7H9NO3. The maximum Gasteiger partial charge on any atom is 0.383 e. The Balaban J connectivity index is 3.94. The molecule has 0 atom stereocenters. The van der Waals surface area contributed by atoms with Crippen LogP contribution in [0.25, 0.3) is 0 Å². The molecule has 11 heavy (non-hydrogen) atoms. The average Bonchev–Trinajstić information content (AvgIpc) is 2.03. The number of nitrogens with zero attached hydrogens (tertiary/aromatic N) is 1. The number of carbonyl (C=O) groups is 1. The van der Waals surface area contributed by atoms with Crippen molar-refractivity contribution in [3.8, 4) is 6.07 Å². The molecule has 0 rings (SSSR count). The summed E-state index contributed by atoms with van der Waals surface area (Å²) in [6, 6.07) is 1.67. The van der Waals surface area contributed by atoms with Gasteiger partial charge in [-0.25, -0.2) is 4.79 Å². The summed E-state index contributed by atoms with van der Waals surface area (Å²) in [4.78, 5) is 19.3. The summed E-state index contributed by atoms with van der Waals surface area (Å²) >= 11 is 0. The van der Waals surface area contributed by atoms with Gasteiger partial charge in [-0.2, -0.15) is 10.1 Å². The third-order valence-electron chi connectivity index (χ3n) is 0.882. The highest BCUT2D eigenvalue weighted by Crippen LogP contribution is 1.95. The first-order valence-corrected chi connectivity index (χ1v) is 3.16. The van der Waals surface area contributed by atoms with Crippen molar-refractivity contribution in [2.24, 2.45) is 0 Å². The zero-order chi connectivity index (χ0) is 8.69. The van der Waals surface area contributed by atoms with Gasteiger partial charge in [-0.15, -0.1) is 0 Å². The van der Waals surface area contributed by atoms with Crippen LogP contribution in [0.15, 0.2) is 11.6 Å². The van der Waals surface area contributed by atoms with Crippen molar-refractivity contribution < 1.29 is 14.6 Å². The molecule has 0 fully saturated rings. The van der Waals surface area contributed by atoms with E-state index in [1.54, 1.807) is 19.9 Å². The molecule has 0 aromatic rings. The Morgan fingerprint density at radius 2 is 2.36 bits per heavy atom. The van der Waals surface area contributed by atoms with Crippen LogP contribution in [0.4, 0.5) is 0 Å². The molecule has 0 aromatic heterocycles. The summed E-state index contributed by atoms with van der Waals surface area (Å²) in [7, 11) is 0. The molecule has 0 aromatic carbocycles. The molecule has 0 aliphatic carbocycles. The molecule has 0 N–H and O–H groups in total. The standard InChI is InChI=1S/C7H9NO3/c1-3-6(5-8)7(9)11-10-4-2/h3H,4H2,1-2H3. The van der Waals surface area contributed by atoms with E-state index in [4.69, 9.17) is 5.26 Å². The molecule has 0 saturated heterocycles. The summed E-state index contributed by atoms with van der Waals surface area (Å²) in [6.07, 6.45) is 1.36. The van der Waals surface area contributed by atoms with Crippen molar-refractivity contribution in [1.82, 2.24) is 0 Å². The quantitative estimate of drug-likeness (QED) is 0.263. The summed E-state index contributed by atoms with van der Waals surface area (Å²) in [5.41, 5.74) is -0.0570. The number of carbonyl (C=O) groups excluding carboxylic acids is 1. The van der Waals surface area contributed by atoms with Crippen LogP contribution in [0.5, 0.6) is 0 Å². The lowest BCUT2D eigenvalue weighted by Gasteiger charge is -1.97. The molecule has 0 aliphatic heterocycles. The monoisotopic (exact) mass is 155 g/mol. The van der Waals surface area contributed by atoms with E-state index in [0.29, 0.717) is 0 Å². The molecule has 60 valence electrons. The summed E-state index contributed by atoms with van der Waals surface area (Å²) in [5.74, 6) is -0.753. The van der Waals surface area contributed by atoms with Gasteiger partial charge in [-0.3, -0.25) is 4.89 Å². The first-order valence-electron chi connectivity index (χ1n) is 3.16. The lowest BCUT2D eigenvalue weighted by Crippen LogP contribution is -2.06. The molecule has 0 bridgehead atoms. The first-order chi connectivity index (χ1) is 5.26. The van der Waals surface area contributed by atoms with E-state index in [9.17, 15) is 4.79 Å². The summed E-state index contributed by atoms with van der Waals surface area (Å²) < 4.78 is 0. The van der Waals surface area contributed by atoms with Gasteiger partial charge >= 0.3 is 5.97 Å². The van der Waals surface area contributed by atoms with Crippen molar-refractivity contribution in [3.63, 3.8) is 0 Å². The molecule has 0 aliphatic rings. The molecule has 0 amide bonds. The molecule has 0 saturated carbocycles. The van der Waals surface area contributed by atoms with Crippen molar-refractivity contribution in [1.29, 1.82) is 5.26 Å². The first kappa shape index (κ1) is 9.66. The largest absolute Gasteiger partial charge is 0.383 e. The van der Waals surface area contributed by atoms with Gasteiger partial charge in [0, 0.05) is 0 Å². The third kappa shape index (κ3) is 3.38. The molecule has 4 heteroatoms. The van der Waals surface area contributed by atoms with Gasteiger partial charge in [0.1, 0.15) is 11.6 Å². The van der Waals surface area contributed by atoms with Crippen LogP contribution < -0.4 is 0 Å². The maximum absolute atomic E-state index is 10.7. The molecule has 4 nitrogen and oxygen atoms in total. The number of hydrogen-bond donors (Lipinski definition) is 0. The van der Waals surface area contributed by atoms with E-state index in [2.05, 4.69) is 9.78 Å². The Labute approximate surface area is 64.9 Å². The molecular weight excluding hydrogens is 146 g/mol. The second kappa shape index (κ2) is 5.45. The van der Waals surface area contributed by atoms with Crippen LogP contribution >= 0.6 is 0 Å². The zero-order valence-corrected chi connectivity index (χ0v) is 6.46. The topological polar surface area (TPSA) is 59.3 Å². The lowest BCUT2D eigenvalue weighted by atomic mass is 10.3. The van der Waals surface area contributed by atoms with Gasteiger partial charge in [0.25, 0.3) is 0 Å². The Morgan fingerprint density at radius 3 is 2.73 bits per heavy atom. The highest BCUT2D eigenvalue weighted by atomic mass is 17.2. The van der Waals surface area contributed by atoms with Gasteiger partial charge in [0.2, 0.25) is 0 Å². The minimum Gasteiger partial charge on any atom is -0.292 e. The van der Waals surface area contributed by atoms with Crippen molar-refractivity contribution >= 4 is 5.97 Å². The fourth-order valence-electron chi connectivity index (χ4n) is 0.385. The smallest absolute Gasteiger partial charge is 0.292 e. The minimum absolute atomic E-state index is 0.0570. The number of hydrogen-bond acceptors (Lipinski definition) is 4. The lowest BCUT2D eigenvalue weighted by molar-refractivity contribution is -0.265. The van der Waals surface area contributed by atoms with Crippen LogP contribution in [-0.2, 0) is 14.6 Å². The van der Waals surface area contributed by atoms with Crippen LogP contribution in [0.2, 0.25) is 0 Å². The third-order valence-corrected chi connectivity index (χ3v) is 0.882. The Hall–Kier alpha value is -1.34. The normalized spacial score (nSPS) is 10.5. The Kier molecular flexibility index (Phi) is 4.78. The second-order valence-electron chi connectivity index (χ2n) is 1.59. The summed E-state index contributed by atoms with van der Waals surface area (Å²) in [5, 5.41) is 8.32. The van der Waals surface area contributed by atoms with Gasteiger partial charge in [0.15, 0.2) is 0 Å². The van der Waals surface area contributed by atoms with E-state index < -0.39 is 5.97 Å². The van der Waals surface area contributed by atoms with Crippen molar-refractivity contribution in [2.75, 3.05) is 6.61 Å². The SMILES string of the molecule is CC=C(C#N)C(=O)OOCC. The van der Waals surface area contributed by atoms with Crippen molar-refractivity contribution in [2.45, 2.75) is 13.8 Å². The Bertz CT molecular complexity index is 202. The number of allylic oxidation sites excluding steroid dienone is 1. The van der Waals surface area contributed by atoms with Gasteiger partial charge in [0.05, 0.1) is 6.61 Å². The molecule has 0 unspecified atom stereocenters. The number of rotatable bonds is 3. The van der Waals surface area contributed by atoms with Gasteiger partial charge < -0.3 is 0 Å². The predicted molar refractivity (Wildman–Crippen MR) is 37.1 cm³/mol. The average molecular weight is 155 g/mol. The van der Waals surface area contributed by atoms with E-state index in [0.717, 1.165) is 0 Å². The zero-order valence-electron chi connectivity index (χ0n) is 6.46. The Morgan fingerprint density at radius 1 is 1.73 bits per heavy atom. The molecule has 0 heterocycles. The molecule has 0 radical (unpaired) electrons. The van der Waals surface area contributed by atoms with E-state index in [1.807, 2.05) is 0 Å². The highest BCUT2D eigenvalue weighted by molar-refractivity contribution is 5.92. The fourth-order valence-corrected chi connectivity index (χ4v) is 0.385. The maximum atomic E-state index is 10.7. The van der Waals surface area contributed by atoms with Crippen LogP contribution in [0.3, 0.4) is 0 Å². The number of nitriles is 1. The molecule has 0 spiro atoms.